The summed E-state index contributed by atoms with van der Waals surface area (Å²) in [5.74, 6) is 1.48. The van der Waals surface area contributed by atoms with Crippen LogP contribution in [0.15, 0.2) is 24.3 Å². The van der Waals surface area contributed by atoms with Crippen LogP contribution in [0, 0.1) is 17.3 Å². The highest BCUT2D eigenvalue weighted by molar-refractivity contribution is 9.10. The second-order valence-electron chi connectivity index (χ2n) is 8.67. The summed E-state index contributed by atoms with van der Waals surface area (Å²) in [7, 11) is 0. The van der Waals surface area contributed by atoms with Crippen molar-refractivity contribution in [2.24, 2.45) is 17.3 Å². The minimum atomic E-state index is -0.103. The van der Waals surface area contributed by atoms with E-state index >= 15 is 0 Å². The summed E-state index contributed by atoms with van der Waals surface area (Å²) in [6.45, 7) is 0.578. The molecule has 2 amide bonds. The molecule has 0 aromatic heterocycles. The number of imide groups is 1. The van der Waals surface area contributed by atoms with Gasteiger partial charge in [0.1, 0.15) is 0 Å². The predicted molar refractivity (Wildman–Crippen MR) is 95.2 cm³/mol. The standard InChI is InChI=1S/C20H22BrNO2/c21-20-10-13-7-14(11-20)9-19(8-13,12-20)5-6-22-17(23)15-3-1-2-4-16(15)18(22)24/h1-4,13-14H,5-12H2/t13-,14-,19?,20?/m0/s1. The first-order valence-electron chi connectivity index (χ1n) is 9.11. The van der Waals surface area contributed by atoms with E-state index in [4.69, 9.17) is 0 Å². The molecule has 1 aliphatic heterocycles. The molecule has 0 N–H and O–H groups in total. The van der Waals surface area contributed by atoms with Crippen LogP contribution in [0.5, 0.6) is 0 Å². The number of fused-ring (bicyclic) bond motifs is 1. The molecule has 0 spiro atoms. The van der Waals surface area contributed by atoms with Gasteiger partial charge in [-0.05, 0) is 74.3 Å². The van der Waals surface area contributed by atoms with E-state index in [2.05, 4.69) is 15.9 Å². The van der Waals surface area contributed by atoms with Crippen molar-refractivity contribution in [1.29, 1.82) is 0 Å². The second kappa shape index (κ2) is 4.94. The zero-order chi connectivity index (χ0) is 16.5. The Morgan fingerprint density at radius 1 is 1.00 bits per heavy atom. The van der Waals surface area contributed by atoms with Gasteiger partial charge in [-0.25, -0.2) is 0 Å². The van der Waals surface area contributed by atoms with Crippen LogP contribution < -0.4 is 0 Å². The number of nitrogens with zero attached hydrogens (tertiary/aromatic N) is 1. The van der Waals surface area contributed by atoms with Gasteiger partial charge in [-0.1, -0.05) is 28.1 Å². The average Bonchev–Trinajstić information content (AvgIpc) is 2.75. The highest BCUT2D eigenvalue weighted by atomic mass is 79.9. The topological polar surface area (TPSA) is 37.4 Å². The summed E-state index contributed by atoms with van der Waals surface area (Å²) in [5, 5.41) is 0. The van der Waals surface area contributed by atoms with Gasteiger partial charge in [0.2, 0.25) is 0 Å². The van der Waals surface area contributed by atoms with Gasteiger partial charge in [-0.15, -0.1) is 0 Å². The molecule has 1 aromatic rings. The smallest absolute Gasteiger partial charge is 0.261 e. The number of halogens is 1. The third-order valence-electron chi connectivity index (χ3n) is 6.85. The van der Waals surface area contributed by atoms with Crippen LogP contribution in [0.1, 0.15) is 65.7 Å². The number of rotatable bonds is 3. The van der Waals surface area contributed by atoms with Crippen LogP contribution in [0.2, 0.25) is 0 Å². The monoisotopic (exact) mass is 387 g/mol. The summed E-state index contributed by atoms with van der Waals surface area (Å²) >= 11 is 4.05. The molecule has 5 aliphatic rings. The fourth-order valence-corrected chi connectivity index (χ4v) is 7.93. The Kier molecular flexibility index (Phi) is 3.11. The average molecular weight is 388 g/mol. The van der Waals surface area contributed by atoms with Crippen molar-refractivity contribution in [3.05, 3.63) is 35.4 Å². The Morgan fingerprint density at radius 2 is 1.58 bits per heavy atom. The van der Waals surface area contributed by atoms with Gasteiger partial charge in [0.15, 0.2) is 0 Å². The SMILES string of the molecule is O=C1c2ccccc2C(=O)N1CCC12C[C@@H]3C[C@H](CC(Br)(C3)C1)C2. The van der Waals surface area contributed by atoms with E-state index < -0.39 is 0 Å². The van der Waals surface area contributed by atoms with Gasteiger partial charge in [-0.3, -0.25) is 14.5 Å². The summed E-state index contributed by atoms with van der Waals surface area (Å²) in [6, 6.07) is 7.21. The van der Waals surface area contributed by atoms with Crippen LogP contribution in [0.4, 0.5) is 0 Å². The molecule has 1 heterocycles. The van der Waals surface area contributed by atoms with E-state index in [-0.39, 0.29) is 11.8 Å². The first-order valence-corrected chi connectivity index (χ1v) is 9.91. The maximum Gasteiger partial charge on any atom is 0.261 e. The molecule has 24 heavy (non-hydrogen) atoms. The number of benzene rings is 1. The number of carbonyl (C=O) groups is 2. The zero-order valence-corrected chi connectivity index (χ0v) is 15.3. The van der Waals surface area contributed by atoms with E-state index in [0.717, 1.165) is 18.3 Å². The van der Waals surface area contributed by atoms with Gasteiger partial charge < -0.3 is 0 Å². The first kappa shape index (κ1) is 15.1. The van der Waals surface area contributed by atoms with E-state index in [0.29, 0.717) is 27.4 Å². The molecule has 0 saturated heterocycles. The Balaban J connectivity index is 1.36. The van der Waals surface area contributed by atoms with Crippen molar-refractivity contribution in [1.82, 2.24) is 4.90 Å². The highest BCUT2D eigenvalue weighted by Gasteiger charge is 2.56. The minimum Gasteiger partial charge on any atom is -0.274 e. The van der Waals surface area contributed by atoms with Gasteiger partial charge >= 0.3 is 0 Å². The van der Waals surface area contributed by atoms with Gasteiger partial charge in [0.25, 0.3) is 11.8 Å². The highest BCUT2D eigenvalue weighted by Crippen LogP contribution is 2.65. The van der Waals surface area contributed by atoms with E-state index in [1.807, 2.05) is 12.1 Å². The largest absolute Gasteiger partial charge is 0.274 e. The van der Waals surface area contributed by atoms with Crippen LogP contribution in [0.25, 0.3) is 0 Å². The molecule has 1 aromatic carbocycles. The molecule has 3 nitrogen and oxygen atoms in total. The maximum absolute atomic E-state index is 12.6. The van der Waals surface area contributed by atoms with Crippen molar-refractivity contribution in [3.63, 3.8) is 0 Å². The Morgan fingerprint density at radius 3 is 2.12 bits per heavy atom. The molecule has 4 bridgehead atoms. The third-order valence-corrected chi connectivity index (χ3v) is 7.78. The lowest BCUT2D eigenvalue weighted by atomic mass is 9.48. The van der Waals surface area contributed by atoms with Crippen LogP contribution in [-0.2, 0) is 0 Å². The lowest BCUT2D eigenvalue weighted by molar-refractivity contribution is -0.0422. The normalized spacial score (nSPS) is 39.6. The van der Waals surface area contributed by atoms with Gasteiger partial charge in [0.05, 0.1) is 11.1 Å². The molecule has 0 radical (unpaired) electrons. The Bertz CT molecular complexity index is 694. The van der Waals surface area contributed by atoms with Crippen molar-refractivity contribution < 1.29 is 9.59 Å². The minimum absolute atomic E-state index is 0.103. The fourth-order valence-electron chi connectivity index (χ4n) is 6.42. The van der Waals surface area contributed by atoms with E-state index in [1.165, 1.54) is 43.4 Å². The van der Waals surface area contributed by atoms with Gasteiger partial charge in [-0.2, -0.15) is 0 Å². The number of hydrogen-bond donors (Lipinski definition) is 0. The summed E-state index contributed by atoms with van der Waals surface area (Å²) < 4.78 is 0.332. The zero-order valence-electron chi connectivity index (χ0n) is 13.8. The predicted octanol–water partition coefficient (Wildman–Crippen LogP) is 4.41. The summed E-state index contributed by atoms with van der Waals surface area (Å²) in [5.41, 5.74) is 1.48. The molecule has 2 atom stereocenters. The number of amides is 2. The lowest BCUT2D eigenvalue weighted by Gasteiger charge is -2.60. The molecule has 0 unspecified atom stereocenters. The van der Waals surface area contributed by atoms with Crippen molar-refractivity contribution in [2.45, 2.75) is 49.3 Å². The number of hydrogen-bond acceptors (Lipinski definition) is 2. The summed E-state index contributed by atoms with van der Waals surface area (Å²) in [6.07, 6.45) is 8.80. The first-order chi connectivity index (χ1) is 11.5. The van der Waals surface area contributed by atoms with Crippen LogP contribution >= 0.6 is 15.9 Å². The Hall–Kier alpha value is -1.16. The van der Waals surface area contributed by atoms with Crippen LogP contribution in [-0.4, -0.2) is 27.6 Å². The molecule has 4 fully saturated rings. The van der Waals surface area contributed by atoms with Crippen molar-refractivity contribution in [3.8, 4) is 0 Å². The Labute approximate surface area is 150 Å². The number of alkyl halides is 1. The molecule has 4 heteroatoms. The van der Waals surface area contributed by atoms with Crippen molar-refractivity contribution in [2.75, 3.05) is 6.54 Å². The van der Waals surface area contributed by atoms with Crippen LogP contribution in [0.3, 0.4) is 0 Å². The quantitative estimate of drug-likeness (QED) is 0.568. The lowest BCUT2D eigenvalue weighted by Crippen LogP contribution is -2.53. The second-order valence-corrected chi connectivity index (χ2v) is 10.4. The maximum atomic E-state index is 12.6. The molecular formula is C20H22BrNO2. The molecule has 126 valence electrons. The van der Waals surface area contributed by atoms with Crippen molar-refractivity contribution >= 4 is 27.7 Å². The van der Waals surface area contributed by atoms with E-state index in [9.17, 15) is 9.59 Å². The fraction of sp³-hybridized carbons (Fsp3) is 0.600. The number of carbonyl (C=O) groups excluding carboxylic acids is 2. The third kappa shape index (κ3) is 2.15. The molecular weight excluding hydrogens is 366 g/mol. The van der Waals surface area contributed by atoms with Gasteiger partial charge in [0, 0.05) is 10.9 Å². The molecule has 4 aliphatic carbocycles. The molecule has 6 rings (SSSR count). The molecule has 4 saturated carbocycles. The van der Waals surface area contributed by atoms with E-state index in [1.54, 1.807) is 12.1 Å². The summed E-state index contributed by atoms with van der Waals surface area (Å²) in [4.78, 5) is 26.7.